The molecule has 0 aliphatic heterocycles. The molecular formula is C39H54O10S. The number of hydrogen-bond acceptors (Lipinski definition) is 10. The number of Topliss-reactive ketones (excluding diaryl/α,β-unsaturated/α-hetero) is 3. The molecule has 0 radical (unpaired) electrons. The Labute approximate surface area is 296 Å². The number of aryl methyl sites for hydroxylation is 1. The topological polar surface area (TPSA) is 161 Å². The smallest absolute Gasteiger partial charge is 0.303 e. The molecule has 0 bridgehead atoms. The molecule has 11 heteroatoms. The number of hydrogen-bond donors (Lipinski definition) is 2. The lowest BCUT2D eigenvalue weighted by atomic mass is 9.38. The summed E-state index contributed by atoms with van der Waals surface area (Å²) in [6.07, 6.45) is 0.361. The summed E-state index contributed by atoms with van der Waals surface area (Å²) in [5.41, 5.74) is -5.08. The molecule has 276 valence electrons. The first-order chi connectivity index (χ1) is 22.8. The molecule has 3 saturated carbocycles. The number of aliphatic hydroxyl groups is 2. The molecule has 4 aliphatic carbocycles. The first kappa shape index (κ1) is 38.5. The fraction of sp³-hybridized carbons (Fsp3) is 0.692. The minimum Gasteiger partial charge on any atom is -0.460 e. The molecule has 0 spiro atoms. The van der Waals surface area contributed by atoms with Gasteiger partial charge in [-0.2, -0.15) is 8.42 Å². The van der Waals surface area contributed by atoms with E-state index in [9.17, 15) is 37.8 Å². The van der Waals surface area contributed by atoms with Crippen molar-refractivity contribution in [2.75, 3.05) is 0 Å². The fourth-order valence-corrected chi connectivity index (χ4v) is 11.7. The molecular weight excluding hydrogens is 660 g/mol. The van der Waals surface area contributed by atoms with E-state index in [0.717, 1.165) is 11.1 Å². The van der Waals surface area contributed by atoms with E-state index in [0.29, 0.717) is 6.42 Å². The Balaban J connectivity index is 1.49. The fourth-order valence-electron chi connectivity index (χ4n) is 10.7. The predicted octanol–water partition coefficient (Wildman–Crippen LogP) is 5.44. The minimum atomic E-state index is -4.30. The molecule has 0 unspecified atom stereocenters. The molecule has 0 aromatic heterocycles. The normalized spacial score (nSPS) is 36.4. The van der Waals surface area contributed by atoms with Crippen molar-refractivity contribution >= 4 is 33.4 Å². The van der Waals surface area contributed by atoms with Gasteiger partial charge in [0.15, 0.2) is 11.6 Å². The van der Waals surface area contributed by atoms with Crippen LogP contribution in [0.4, 0.5) is 0 Å². The summed E-state index contributed by atoms with van der Waals surface area (Å²) >= 11 is 0. The van der Waals surface area contributed by atoms with E-state index in [-0.39, 0.29) is 54.5 Å². The molecule has 0 saturated heterocycles. The Morgan fingerprint density at radius 3 is 2.18 bits per heavy atom. The Bertz CT molecular complexity index is 1740. The SMILES string of the molecule is CC(=O)OC(C)(C)CCC(=O)[C@](C)(O)[C@H]1[C@H](O)C[C@@]2(C)[C@@H]3CC=C4[C@@H](C[C@H](OS(=O)(=O)c5ccc(C)cc5)C(=O)C4(C)C)[C@]3(C)C(=O)C[C@]12C. The molecule has 50 heavy (non-hydrogen) atoms. The Morgan fingerprint density at radius 1 is 1.00 bits per heavy atom. The van der Waals surface area contributed by atoms with Crippen LogP contribution >= 0.6 is 0 Å². The highest BCUT2D eigenvalue weighted by Gasteiger charge is 2.74. The summed E-state index contributed by atoms with van der Waals surface area (Å²) in [7, 11) is -4.30. The molecule has 2 N–H and O–H groups in total. The summed E-state index contributed by atoms with van der Waals surface area (Å²) in [4.78, 5) is 53.9. The number of ether oxygens (including phenoxy) is 1. The quantitative estimate of drug-likeness (QED) is 0.191. The van der Waals surface area contributed by atoms with Crippen LogP contribution in [0.15, 0.2) is 40.8 Å². The summed E-state index contributed by atoms with van der Waals surface area (Å²) < 4.78 is 37.9. The minimum absolute atomic E-state index is 0.00499. The number of aliphatic hydroxyl groups excluding tert-OH is 1. The molecule has 4 aliphatic rings. The van der Waals surface area contributed by atoms with Crippen molar-refractivity contribution in [1.82, 2.24) is 0 Å². The summed E-state index contributed by atoms with van der Waals surface area (Å²) in [6.45, 7) is 17.3. The van der Waals surface area contributed by atoms with Crippen LogP contribution < -0.4 is 0 Å². The van der Waals surface area contributed by atoms with Crippen molar-refractivity contribution in [1.29, 1.82) is 0 Å². The number of benzene rings is 1. The Hall–Kier alpha value is -2.73. The Kier molecular flexibility index (Phi) is 9.37. The first-order valence-corrected chi connectivity index (χ1v) is 19.1. The monoisotopic (exact) mass is 714 g/mol. The maximum absolute atomic E-state index is 14.8. The van der Waals surface area contributed by atoms with E-state index < -0.39 is 78.8 Å². The lowest BCUT2D eigenvalue weighted by Gasteiger charge is -2.64. The third kappa shape index (κ3) is 5.84. The maximum Gasteiger partial charge on any atom is 0.303 e. The van der Waals surface area contributed by atoms with Gasteiger partial charge in [-0.25, -0.2) is 0 Å². The van der Waals surface area contributed by atoms with Crippen molar-refractivity contribution in [3.63, 3.8) is 0 Å². The lowest BCUT2D eigenvalue weighted by molar-refractivity contribution is -0.185. The highest BCUT2D eigenvalue weighted by molar-refractivity contribution is 7.86. The molecule has 10 nitrogen and oxygen atoms in total. The predicted molar refractivity (Wildman–Crippen MR) is 185 cm³/mol. The molecule has 0 amide bonds. The standard InChI is InChI=1S/C39H54O10S/c1-22-11-13-24(14-12-22)50(46,47)49-28-19-26-25(35(5,6)33(28)44)15-16-29-36(7)20-27(41)32(37(36,8)21-31(43)38(26,29)9)39(10,45)30(42)17-18-34(3,4)48-23(2)40/h11-15,26-29,32,41,45H,16-21H2,1-10H3/t26-,27-,28+,29+,32+,36+,37-,38+,39+/m1/s1. The number of rotatable bonds is 9. The van der Waals surface area contributed by atoms with Crippen molar-refractivity contribution in [2.45, 2.75) is 136 Å². The number of fused-ring (bicyclic) bond motifs is 5. The molecule has 5 rings (SSSR count). The number of esters is 1. The van der Waals surface area contributed by atoms with Gasteiger partial charge in [0.05, 0.1) is 11.0 Å². The number of ketones is 3. The van der Waals surface area contributed by atoms with Gasteiger partial charge in [0.2, 0.25) is 0 Å². The zero-order chi connectivity index (χ0) is 37.6. The molecule has 9 atom stereocenters. The van der Waals surface area contributed by atoms with Gasteiger partial charge in [0.25, 0.3) is 10.1 Å². The van der Waals surface area contributed by atoms with Crippen molar-refractivity contribution in [3.05, 3.63) is 41.5 Å². The second kappa shape index (κ2) is 12.2. The zero-order valence-electron chi connectivity index (χ0n) is 31.1. The van der Waals surface area contributed by atoms with E-state index >= 15 is 0 Å². The highest BCUT2D eigenvalue weighted by atomic mass is 32.2. The van der Waals surface area contributed by atoms with Crippen molar-refractivity contribution < 1.29 is 46.7 Å². The van der Waals surface area contributed by atoms with Crippen LogP contribution in [0, 0.1) is 46.3 Å². The van der Waals surface area contributed by atoms with Crippen LogP contribution in [0.1, 0.15) is 106 Å². The van der Waals surface area contributed by atoms with E-state index in [1.165, 1.54) is 26.0 Å². The summed E-state index contributed by atoms with van der Waals surface area (Å²) in [6, 6.07) is 6.21. The maximum atomic E-state index is 14.8. The van der Waals surface area contributed by atoms with E-state index in [2.05, 4.69) is 0 Å². The van der Waals surface area contributed by atoms with Gasteiger partial charge in [0.1, 0.15) is 23.1 Å². The van der Waals surface area contributed by atoms with Crippen molar-refractivity contribution in [2.24, 2.45) is 39.4 Å². The largest absolute Gasteiger partial charge is 0.460 e. The number of allylic oxidation sites excluding steroid dienone is 2. The van der Waals surface area contributed by atoms with Gasteiger partial charge >= 0.3 is 5.97 Å². The second-order valence-corrected chi connectivity index (χ2v) is 19.0. The van der Waals surface area contributed by atoms with Gasteiger partial charge < -0.3 is 14.9 Å². The first-order valence-electron chi connectivity index (χ1n) is 17.7. The third-order valence-electron chi connectivity index (χ3n) is 13.5. The highest BCUT2D eigenvalue weighted by Crippen LogP contribution is 2.74. The van der Waals surface area contributed by atoms with Crippen LogP contribution in [0.5, 0.6) is 0 Å². The van der Waals surface area contributed by atoms with E-state index in [1.54, 1.807) is 39.8 Å². The van der Waals surface area contributed by atoms with Crippen LogP contribution in [0.25, 0.3) is 0 Å². The van der Waals surface area contributed by atoms with Crippen molar-refractivity contribution in [3.8, 4) is 0 Å². The van der Waals surface area contributed by atoms with Crippen LogP contribution in [-0.2, 0) is 38.2 Å². The summed E-state index contributed by atoms with van der Waals surface area (Å²) in [5.74, 6) is -3.26. The van der Waals surface area contributed by atoms with E-state index in [4.69, 9.17) is 8.92 Å². The second-order valence-electron chi connectivity index (χ2n) is 17.5. The molecule has 1 aromatic rings. The lowest BCUT2D eigenvalue weighted by Crippen LogP contribution is -2.65. The van der Waals surface area contributed by atoms with Gasteiger partial charge in [0, 0.05) is 36.5 Å². The van der Waals surface area contributed by atoms with Gasteiger partial charge in [-0.3, -0.25) is 23.4 Å². The number of carbonyl (C=O) groups excluding carboxylic acids is 4. The van der Waals surface area contributed by atoms with Gasteiger partial charge in [-0.15, -0.1) is 0 Å². The van der Waals surface area contributed by atoms with Gasteiger partial charge in [-0.05, 0) is 102 Å². The third-order valence-corrected chi connectivity index (χ3v) is 14.8. The van der Waals surface area contributed by atoms with Crippen LogP contribution in [0.3, 0.4) is 0 Å². The Morgan fingerprint density at radius 2 is 1.60 bits per heavy atom. The number of carbonyl (C=O) groups is 4. The van der Waals surface area contributed by atoms with Crippen LogP contribution in [-0.4, -0.2) is 65.4 Å². The zero-order valence-corrected chi connectivity index (χ0v) is 31.9. The van der Waals surface area contributed by atoms with E-state index in [1.807, 2.05) is 33.8 Å². The average Bonchev–Trinajstić information content (AvgIpc) is 3.19. The molecule has 3 fully saturated rings. The van der Waals surface area contributed by atoms with Gasteiger partial charge in [-0.1, -0.05) is 50.1 Å². The van der Waals surface area contributed by atoms with Crippen LogP contribution in [0.2, 0.25) is 0 Å². The summed E-state index contributed by atoms with van der Waals surface area (Å²) in [5, 5.41) is 23.7. The molecule has 0 heterocycles. The molecule has 1 aromatic carbocycles. The average molecular weight is 715 g/mol.